The Hall–Kier alpha value is -1.61. The zero-order valence-corrected chi connectivity index (χ0v) is 11.5. The fraction of sp³-hybridized carbons (Fsp3) is 0.312. The van der Waals surface area contributed by atoms with E-state index in [2.05, 4.69) is 16.8 Å². The highest BCUT2D eigenvalue weighted by atomic mass is 32.1. The smallest absolute Gasteiger partial charge is 0.140 e. The second-order valence-electron chi connectivity index (χ2n) is 4.83. The van der Waals surface area contributed by atoms with Gasteiger partial charge in [-0.15, -0.1) is 0 Å². The Morgan fingerprint density at radius 2 is 2.21 bits per heavy atom. The molecule has 2 aromatic rings. The SMILES string of the molecule is O=C(CCc1ccsc1)C1CCOc2ccccc21. The Bertz CT molecular complexity index is 560. The molecule has 0 N–H and O–H groups in total. The van der Waals surface area contributed by atoms with Crippen LogP contribution in [0.3, 0.4) is 0 Å². The molecule has 1 unspecified atom stereocenters. The summed E-state index contributed by atoms with van der Waals surface area (Å²) in [4.78, 5) is 12.4. The molecular weight excluding hydrogens is 256 g/mol. The number of thiophene rings is 1. The minimum absolute atomic E-state index is 0.0172. The van der Waals surface area contributed by atoms with Crippen LogP contribution in [0.25, 0.3) is 0 Å². The Labute approximate surface area is 117 Å². The first-order valence-corrected chi connectivity index (χ1v) is 7.54. The molecule has 0 saturated carbocycles. The highest BCUT2D eigenvalue weighted by molar-refractivity contribution is 7.07. The summed E-state index contributed by atoms with van der Waals surface area (Å²) >= 11 is 1.68. The van der Waals surface area contributed by atoms with E-state index < -0.39 is 0 Å². The van der Waals surface area contributed by atoms with Crippen molar-refractivity contribution < 1.29 is 9.53 Å². The van der Waals surface area contributed by atoms with E-state index in [1.807, 2.05) is 24.3 Å². The summed E-state index contributed by atoms with van der Waals surface area (Å²) in [5.41, 5.74) is 2.32. The second kappa shape index (κ2) is 5.57. The van der Waals surface area contributed by atoms with Gasteiger partial charge in [-0.25, -0.2) is 0 Å². The van der Waals surface area contributed by atoms with Crippen LogP contribution >= 0.6 is 11.3 Å². The van der Waals surface area contributed by atoms with Gasteiger partial charge in [-0.1, -0.05) is 18.2 Å². The van der Waals surface area contributed by atoms with Crippen LogP contribution in [0.5, 0.6) is 5.75 Å². The average Bonchev–Trinajstić information content (AvgIpc) is 2.97. The number of rotatable bonds is 4. The molecule has 0 bridgehead atoms. The second-order valence-corrected chi connectivity index (χ2v) is 5.61. The lowest BCUT2D eigenvalue weighted by atomic mass is 9.87. The van der Waals surface area contributed by atoms with Crippen LogP contribution in [-0.2, 0) is 11.2 Å². The summed E-state index contributed by atoms with van der Waals surface area (Å²) in [6.45, 7) is 0.645. The quantitative estimate of drug-likeness (QED) is 0.846. The minimum atomic E-state index is 0.0172. The van der Waals surface area contributed by atoms with E-state index in [1.165, 1.54) is 5.56 Å². The summed E-state index contributed by atoms with van der Waals surface area (Å²) in [5, 5.41) is 4.18. The third-order valence-corrected chi connectivity index (χ3v) is 4.32. The van der Waals surface area contributed by atoms with Crippen LogP contribution in [0.4, 0.5) is 0 Å². The van der Waals surface area contributed by atoms with Gasteiger partial charge in [0.05, 0.1) is 6.61 Å². The number of carbonyl (C=O) groups excluding carboxylic acids is 1. The molecule has 1 atom stereocenters. The Morgan fingerprint density at radius 3 is 3.05 bits per heavy atom. The molecule has 0 fully saturated rings. The minimum Gasteiger partial charge on any atom is -0.493 e. The van der Waals surface area contributed by atoms with E-state index in [1.54, 1.807) is 11.3 Å². The third kappa shape index (κ3) is 2.71. The zero-order valence-electron chi connectivity index (χ0n) is 10.7. The van der Waals surface area contributed by atoms with Gasteiger partial charge in [0.15, 0.2) is 0 Å². The van der Waals surface area contributed by atoms with Crippen LogP contribution in [0.2, 0.25) is 0 Å². The molecule has 3 rings (SSSR count). The standard InChI is InChI=1S/C16H16O2S/c17-15(6-5-12-8-10-19-11-12)13-7-9-18-16-4-2-1-3-14(13)16/h1-4,8,10-11,13H,5-7,9H2. The maximum Gasteiger partial charge on any atom is 0.140 e. The fourth-order valence-electron chi connectivity index (χ4n) is 2.55. The molecule has 0 saturated heterocycles. The van der Waals surface area contributed by atoms with Crippen molar-refractivity contribution in [2.45, 2.75) is 25.2 Å². The number of aryl methyl sites for hydroxylation is 1. The number of carbonyl (C=O) groups is 1. The van der Waals surface area contributed by atoms with Gasteiger partial charge in [0.2, 0.25) is 0 Å². The Kier molecular flexibility index (Phi) is 3.65. The molecule has 1 aromatic heterocycles. The maximum absolute atomic E-state index is 12.4. The van der Waals surface area contributed by atoms with E-state index in [0.29, 0.717) is 18.8 Å². The van der Waals surface area contributed by atoms with Gasteiger partial charge >= 0.3 is 0 Å². The largest absolute Gasteiger partial charge is 0.493 e. The van der Waals surface area contributed by atoms with Gasteiger partial charge in [0.25, 0.3) is 0 Å². The first-order valence-electron chi connectivity index (χ1n) is 6.60. The predicted molar refractivity (Wildman–Crippen MR) is 76.9 cm³/mol. The predicted octanol–water partition coefficient (Wildman–Crippen LogP) is 3.82. The Balaban J connectivity index is 1.71. The lowest BCUT2D eigenvalue weighted by Gasteiger charge is -2.24. The number of hydrogen-bond acceptors (Lipinski definition) is 3. The van der Waals surface area contributed by atoms with Crippen molar-refractivity contribution in [3.63, 3.8) is 0 Å². The van der Waals surface area contributed by atoms with Crippen LogP contribution < -0.4 is 4.74 Å². The number of fused-ring (bicyclic) bond motifs is 1. The first kappa shape index (κ1) is 12.4. The molecule has 1 aliphatic rings. The van der Waals surface area contributed by atoms with Crippen molar-refractivity contribution in [3.05, 3.63) is 52.2 Å². The van der Waals surface area contributed by atoms with Gasteiger partial charge in [-0.05, 0) is 41.3 Å². The lowest BCUT2D eigenvalue weighted by molar-refractivity contribution is -0.121. The van der Waals surface area contributed by atoms with Gasteiger partial charge < -0.3 is 4.74 Å². The number of Topliss-reactive ketones (excluding diaryl/α,β-unsaturated/α-hetero) is 1. The van der Waals surface area contributed by atoms with E-state index in [-0.39, 0.29) is 5.92 Å². The number of para-hydroxylation sites is 1. The molecule has 0 radical (unpaired) electrons. The third-order valence-electron chi connectivity index (χ3n) is 3.59. The monoisotopic (exact) mass is 272 g/mol. The summed E-state index contributed by atoms with van der Waals surface area (Å²) in [5.74, 6) is 1.23. The molecule has 1 aromatic carbocycles. The van der Waals surface area contributed by atoms with Gasteiger partial charge in [-0.3, -0.25) is 4.79 Å². The van der Waals surface area contributed by atoms with E-state index >= 15 is 0 Å². The van der Waals surface area contributed by atoms with Gasteiger partial charge in [0.1, 0.15) is 11.5 Å². The van der Waals surface area contributed by atoms with Crippen molar-refractivity contribution in [2.24, 2.45) is 0 Å². The number of benzene rings is 1. The topological polar surface area (TPSA) is 26.3 Å². The fourth-order valence-corrected chi connectivity index (χ4v) is 3.26. The first-order chi connectivity index (χ1) is 9.34. The van der Waals surface area contributed by atoms with E-state index in [9.17, 15) is 4.79 Å². The molecule has 0 spiro atoms. The van der Waals surface area contributed by atoms with Crippen molar-refractivity contribution in [3.8, 4) is 5.75 Å². The van der Waals surface area contributed by atoms with Crippen LogP contribution in [0.15, 0.2) is 41.1 Å². The Morgan fingerprint density at radius 1 is 1.32 bits per heavy atom. The molecule has 2 nitrogen and oxygen atoms in total. The summed E-state index contributed by atoms with van der Waals surface area (Å²) < 4.78 is 5.60. The van der Waals surface area contributed by atoms with Crippen LogP contribution in [-0.4, -0.2) is 12.4 Å². The summed E-state index contributed by atoms with van der Waals surface area (Å²) in [6.07, 6.45) is 2.27. The van der Waals surface area contributed by atoms with Crippen LogP contribution in [0.1, 0.15) is 29.9 Å². The summed E-state index contributed by atoms with van der Waals surface area (Å²) in [7, 11) is 0. The average molecular weight is 272 g/mol. The molecule has 19 heavy (non-hydrogen) atoms. The maximum atomic E-state index is 12.4. The van der Waals surface area contributed by atoms with Gasteiger partial charge in [0, 0.05) is 17.9 Å². The van der Waals surface area contributed by atoms with Crippen molar-refractivity contribution in [1.82, 2.24) is 0 Å². The van der Waals surface area contributed by atoms with Crippen molar-refractivity contribution in [2.75, 3.05) is 6.61 Å². The number of ketones is 1. The molecule has 3 heteroatoms. The molecule has 0 aliphatic carbocycles. The summed E-state index contributed by atoms with van der Waals surface area (Å²) in [6, 6.07) is 9.99. The highest BCUT2D eigenvalue weighted by Gasteiger charge is 2.26. The number of ether oxygens (including phenoxy) is 1. The van der Waals surface area contributed by atoms with Crippen molar-refractivity contribution >= 4 is 17.1 Å². The molecule has 2 heterocycles. The van der Waals surface area contributed by atoms with E-state index in [4.69, 9.17) is 4.74 Å². The van der Waals surface area contributed by atoms with Crippen LogP contribution in [0, 0.1) is 0 Å². The molecule has 98 valence electrons. The zero-order chi connectivity index (χ0) is 13.1. The molecule has 0 amide bonds. The normalized spacial score (nSPS) is 17.6. The van der Waals surface area contributed by atoms with E-state index in [0.717, 1.165) is 24.2 Å². The molecule has 1 aliphatic heterocycles. The van der Waals surface area contributed by atoms with Gasteiger partial charge in [-0.2, -0.15) is 11.3 Å². The highest BCUT2D eigenvalue weighted by Crippen LogP contribution is 2.34. The molecular formula is C16H16O2S. The van der Waals surface area contributed by atoms with Crippen molar-refractivity contribution in [1.29, 1.82) is 0 Å². The number of hydrogen-bond donors (Lipinski definition) is 0. The lowest BCUT2D eigenvalue weighted by Crippen LogP contribution is -2.21.